The number of carbonyl (C=O) groups excluding carboxylic acids is 1. The Labute approximate surface area is 135 Å². The van der Waals surface area contributed by atoms with E-state index in [-0.39, 0.29) is 17.6 Å². The Kier molecular flexibility index (Phi) is 5.26. The van der Waals surface area contributed by atoms with E-state index < -0.39 is 5.69 Å². The first-order valence-corrected chi connectivity index (χ1v) is 7.65. The molecule has 0 aliphatic heterocycles. The Morgan fingerprint density at radius 1 is 1.26 bits per heavy atom. The van der Waals surface area contributed by atoms with Crippen molar-refractivity contribution in [1.82, 2.24) is 19.9 Å². The van der Waals surface area contributed by atoms with Crippen LogP contribution in [0.3, 0.4) is 0 Å². The van der Waals surface area contributed by atoms with Crippen LogP contribution < -0.4 is 5.69 Å². The van der Waals surface area contributed by atoms with Crippen LogP contribution in [0.4, 0.5) is 0 Å². The van der Waals surface area contributed by atoms with Crippen LogP contribution in [0.1, 0.15) is 48.6 Å². The molecule has 23 heavy (non-hydrogen) atoms. The van der Waals surface area contributed by atoms with Crippen molar-refractivity contribution < 1.29 is 4.79 Å². The molecule has 6 heteroatoms. The highest BCUT2D eigenvalue weighted by Gasteiger charge is 2.21. The average molecular weight is 314 g/mol. The van der Waals surface area contributed by atoms with Crippen molar-refractivity contribution in [2.24, 2.45) is 5.92 Å². The molecular formula is C17H22N4O2. The van der Waals surface area contributed by atoms with Gasteiger partial charge in [-0.3, -0.25) is 9.78 Å². The number of aromatic nitrogens is 3. The summed E-state index contributed by atoms with van der Waals surface area (Å²) >= 11 is 0. The van der Waals surface area contributed by atoms with E-state index >= 15 is 0 Å². The fourth-order valence-electron chi connectivity index (χ4n) is 2.39. The zero-order valence-corrected chi connectivity index (χ0v) is 13.9. The molecule has 2 rings (SSSR count). The Hall–Kier alpha value is -2.50. The van der Waals surface area contributed by atoms with Crippen LogP contribution in [0, 0.1) is 5.92 Å². The number of aromatic amines is 1. The molecule has 0 fully saturated rings. The van der Waals surface area contributed by atoms with E-state index in [1.54, 1.807) is 30.4 Å². The van der Waals surface area contributed by atoms with E-state index in [9.17, 15) is 9.59 Å². The van der Waals surface area contributed by atoms with Crippen LogP contribution >= 0.6 is 0 Å². The van der Waals surface area contributed by atoms with Crippen molar-refractivity contribution in [3.05, 3.63) is 58.0 Å². The van der Waals surface area contributed by atoms with Gasteiger partial charge in [0.2, 0.25) is 0 Å². The average Bonchev–Trinajstić information content (AvgIpc) is 2.52. The molecule has 1 atom stereocenters. The van der Waals surface area contributed by atoms with Crippen LogP contribution in [0.15, 0.2) is 35.4 Å². The summed E-state index contributed by atoms with van der Waals surface area (Å²) in [6, 6.07) is 5.26. The maximum Gasteiger partial charge on any atom is 0.345 e. The minimum absolute atomic E-state index is 0.139. The van der Waals surface area contributed by atoms with Crippen molar-refractivity contribution in [2.45, 2.75) is 33.2 Å². The van der Waals surface area contributed by atoms with E-state index in [2.05, 4.69) is 28.8 Å². The maximum absolute atomic E-state index is 12.6. The zero-order chi connectivity index (χ0) is 17.0. The predicted octanol–water partition coefficient (Wildman–Crippen LogP) is 2.20. The van der Waals surface area contributed by atoms with Gasteiger partial charge in [0.25, 0.3) is 5.91 Å². The minimum Gasteiger partial charge on any atom is -0.334 e. The molecule has 0 aromatic carbocycles. The molecule has 2 heterocycles. The summed E-state index contributed by atoms with van der Waals surface area (Å²) in [6.45, 7) is 6.03. The van der Waals surface area contributed by atoms with Crippen molar-refractivity contribution >= 4 is 5.91 Å². The molecule has 1 unspecified atom stereocenters. The first kappa shape index (κ1) is 16.9. The molecule has 0 saturated carbocycles. The standard InChI is InChI=1S/C17H22N4O2/c1-11(2)9-14-10-15(20-17(23)19-14)16(22)21(4)12(3)13-5-7-18-8-6-13/h5-8,10-12H,9H2,1-4H3,(H,19,20,23). The van der Waals surface area contributed by atoms with Crippen LogP contribution in [0.25, 0.3) is 0 Å². The monoisotopic (exact) mass is 314 g/mol. The summed E-state index contributed by atoms with van der Waals surface area (Å²) in [7, 11) is 1.71. The summed E-state index contributed by atoms with van der Waals surface area (Å²) in [5, 5.41) is 0. The van der Waals surface area contributed by atoms with Gasteiger partial charge in [-0.25, -0.2) is 4.79 Å². The quantitative estimate of drug-likeness (QED) is 0.917. The Morgan fingerprint density at radius 3 is 2.52 bits per heavy atom. The summed E-state index contributed by atoms with van der Waals surface area (Å²) < 4.78 is 0. The SMILES string of the molecule is CC(C)Cc1cc(C(=O)N(C)C(C)c2ccncc2)nc(=O)[nH]1. The van der Waals surface area contributed by atoms with E-state index in [0.29, 0.717) is 12.3 Å². The molecule has 1 amide bonds. The normalized spacial score (nSPS) is 12.2. The smallest absolute Gasteiger partial charge is 0.334 e. The van der Waals surface area contributed by atoms with Gasteiger partial charge in [-0.15, -0.1) is 0 Å². The molecule has 0 aliphatic carbocycles. The summed E-state index contributed by atoms with van der Waals surface area (Å²) in [5.74, 6) is 0.106. The maximum atomic E-state index is 12.6. The van der Waals surface area contributed by atoms with Crippen molar-refractivity contribution in [2.75, 3.05) is 7.05 Å². The van der Waals surface area contributed by atoms with Crippen molar-refractivity contribution in [1.29, 1.82) is 0 Å². The first-order chi connectivity index (χ1) is 10.9. The highest BCUT2D eigenvalue weighted by Crippen LogP contribution is 2.19. The first-order valence-electron chi connectivity index (χ1n) is 7.65. The third-order valence-corrected chi connectivity index (χ3v) is 3.74. The largest absolute Gasteiger partial charge is 0.345 e. The van der Waals surface area contributed by atoms with E-state index in [1.807, 2.05) is 19.1 Å². The topological polar surface area (TPSA) is 79.0 Å². The lowest BCUT2D eigenvalue weighted by Crippen LogP contribution is -2.32. The lowest BCUT2D eigenvalue weighted by atomic mass is 10.1. The molecule has 0 aliphatic rings. The molecule has 2 aromatic rings. The van der Waals surface area contributed by atoms with Gasteiger partial charge in [-0.05, 0) is 43.0 Å². The molecule has 0 spiro atoms. The van der Waals surface area contributed by atoms with Gasteiger partial charge >= 0.3 is 5.69 Å². The number of hydrogen-bond donors (Lipinski definition) is 1. The van der Waals surface area contributed by atoms with Gasteiger partial charge < -0.3 is 9.88 Å². The third kappa shape index (κ3) is 4.25. The van der Waals surface area contributed by atoms with Gasteiger partial charge in [-0.2, -0.15) is 4.98 Å². The highest BCUT2D eigenvalue weighted by molar-refractivity contribution is 5.92. The van der Waals surface area contributed by atoms with E-state index in [0.717, 1.165) is 11.3 Å². The van der Waals surface area contributed by atoms with Crippen LogP contribution in [0.5, 0.6) is 0 Å². The highest BCUT2D eigenvalue weighted by atomic mass is 16.2. The number of rotatable bonds is 5. The zero-order valence-electron chi connectivity index (χ0n) is 13.9. The summed E-state index contributed by atoms with van der Waals surface area (Å²) in [5.41, 5.74) is 1.39. The van der Waals surface area contributed by atoms with Crippen LogP contribution in [-0.2, 0) is 6.42 Å². The number of nitrogens with zero attached hydrogens (tertiary/aromatic N) is 3. The third-order valence-electron chi connectivity index (χ3n) is 3.74. The Bertz CT molecular complexity index is 725. The minimum atomic E-state index is -0.489. The van der Waals surface area contributed by atoms with Gasteiger partial charge in [-0.1, -0.05) is 13.8 Å². The second-order valence-corrected chi connectivity index (χ2v) is 6.07. The number of amides is 1. The number of hydrogen-bond acceptors (Lipinski definition) is 4. The molecule has 2 aromatic heterocycles. The van der Waals surface area contributed by atoms with Crippen LogP contribution in [-0.4, -0.2) is 32.8 Å². The van der Waals surface area contributed by atoms with E-state index in [4.69, 9.17) is 0 Å². The number of H-pyrrole nitrogens is 1. The fourth-order valence-corrected chi connectivity index (χ4v) is 2.39. The summed E-state index contributed by atoms with van der Waals surface area (Å²) in [6.07, 6.45) is 4.08. The number of pyridine rings is 1. The van der Waals surface area contributed by atoms with Gasteiger partial charge in [0.15, 0.2) is 0 Å². The summed E-state index contributed by atoms with van der Waals surface area (Å²) in [4.78, 5) is 36.4. The number of nitrogens with one attached hydrogen (secondary N) is 1. The molecule has 0 saturated heterocycles. The van der Waals surface area contributed by atoms with Crippen molar-refractivity contribution in [3.8, 4) is 0 Å². The molecule has 0 radical (unpaired) electrons. The molecular weight excluding hydrogens is 292 g/mol. The molecule has 122 valence electrons. The van der Waals surface area contributed by atoms with E-state index in [1.165, 1.54) is 0 Å². The van der Waals surface area contributed by atoms with Gasteiger partial charge in [0.05, 0.1) is 6.04 Å². The Morgan fingerprint density at radius 2 is 1.91 bits per heavy atom. The lowest BCUT2D eigenvalue weighted by Gasteiger charge is -2.25. The number of carbonyl (C=O) groups is 1. The predicted molar refractivity (Wildman–Crippen MR) is 88.1 cm³/mol. The second-order valence-electron chi connectivity index (χ2n) is 6.07. The van der Waals surface area contributed by atoms with Gasteiger partial charge in [0.1, 0.15) is 5.69 Å². The second kappa shape index (κ2) is 7.17. The Balaban J connectivity index is 2.25. The molecule has 6 nitrogen and oxygen atoms in total. The van der Waals surface area contributed by atoms with Crippen molar-refractivity contribution in [3.63, 3.8) is 0 Å². The molecule has 1 N–H and O–H groups in total. The van der Waals surface area contributed by atoms with Crippen LogP contribution in [0.2, 0.25) is 0 Å². The fraction of sp³-hybridized carbons (Fsp3) is 0.412. The molecule has 0 bridgehead atoms. The van der Waals surface area contributed by atoms with Gasteiger partial charge in [0, 0.05) is 25.1 Å². The lowest BCUT2D eigenvalue weighted by molar-refractivity contribution is 0.0736.